The largest absolute Gasteiger partial charge is 0.461 e. The minimum Gasteiger partial charge on any atom is -0.461 e. The minimum absolute atomic E-state index is 0.458. The van der Waals surface area contributed by atoms with E-state index in [0.717, 1.165) is 34.1 Å². The second-order valence-corrected chi connectivity index (χ2v) is 7.80. The van der Waals surface area contributed by atoms with Crippen molar-refractivity contribution >= 4 is 34.4 Å². The van der Waals surface area contributed by atoms with Crippen molar-refractivity contribution in [3.8, 4) is 5.88 Å². The fraction of sp³-hybridized carbons (Fsp3) is 0.304. The van der Waals surface area contributed by atoms with Crippen LogP contribution in [0.15, 0.2) is 53.7 Å². The highest BCUT2D eigenvalue weighted by Crippen LogP contribution is 2.40. The highest BCUT2D eigenvalue weighted by Gasteiger charge is 2.44. The molecule has 0 saturated carbocycles. The zero-order valence-electron chi connectivity index (χ0n) is 16.9. The van der Waals surface area contributed by atoms with E-state index in [1.807, 2.05) is 61.5 Å². The van der Waals surface area contributed by atoms with Crippen molar-refractivity contribution in [3.63, 3.8) is 0 Å². The van der Waals surface area contributed by atoms with Crippen LogP contribution in [-0.4, -0.2) is 43.0 Å². The van der Waals surface area contributed by atoms with Crippen LogP contribution in [-0.2, 0) is 10.3 Å². The lowest BCUT2D eigenvalue weighted by molar-refractivity contribution is -0.169. The first-order valence-electron chi connectivity index (χ1n) is 9.67. The molecule has 0 bridgehead atoms. The van der Waals surface area contributed by atoms with Crippen molar-refractivity contribution in [2.24, 2.45) is 4.99 Å². The number of hydrogen-bond donors (Lipinski definition) is 0. The Morgan fingerprint density at radius 2 is 2.00 bits per heavy atom. The van der Waals surface area contributed by atoms with Gasteiger partial charge in [-0.1, -0.05) is 35.9 Å². The summed E-state index contributed by atoms with van der Waals surface area (Å²) in [5.74, 6) is 0.578. The van der Waals surface area contributed by atoms with Crippen LogP contribution in [0.5, 0.6) is 5.88 Å². The smallest absolute Gasteiger partial charge is 0.214 e. The lowest BCUT2D eigenvalue weighted by Crippen LogP contribution is -2.52. The second-order valence-electron chi connectivity index (χ2n) is 7.40. The fourth-order valence-electron chi connectivity index (χ4n) is 3.37. The maximum Gasteiger partial charge on any atom is 0.214 e. The maximum atomic E-state index is 6.55. The van der Waals surface area contributed by atoms with E-state index in [0.29, 0.717) is 24.1 Å². The first-order chi connectivity index (χ1) is 14.0. The molecule has 5 nitrogen and oxygen atoms in total. The van der Waals surface area contributed by atoms with Gasteiger partial charge in [-0.05, 0) is 36.9 Å². The van der Waals surface area contributed by atoms with E-state index in [1.54, 1.807) is 6.34 Å². The van der Waals surface area contributed by atoms with Gasteiger partial charge in [0.05, 0.1) is 30.3 Å². The zero-order chi connectivity index (χ0) is 20.4. The summed E-state index contributed by atoms with van der Waals surface area (Å²) in [6.45, 7) is 5.91. The number of nitrogens with zero attached hydrogens (tertiary/aromatic N) is 3. The molecule has 29 heavy (non-hydrogen) atoms. The van der Waals surface area contributed by atoms with Gasteiger partial charge in [-0.3, -0.25) is 0 Å². The van der Waals surface area contributed by atoms with Crippen molar-refractivity contribution in [3.05, 3.63) is 64.8 Å². The summed E-state index contributed by atoms with van der Waals surface area (Å²) >= 11 is 6.55. The molecule has 1 aliphatic heterocycles. The van der Waals surface area contributed by atoms with Gasteiger partial charge in [0.15, 0.2) is 5.60 Å². The van der Waals surface area contributed by atoms with Gasteiger partial charge < -0.3 is 14.4 Å². The molecular weight excluding hydrogens is 386 g/mol. The van der Waals surface area contributed by atoms with Gasteiger partial charge in [0.25, 0.3) is 0 Å². The first-order valence-corrected chi connectivity index (χ1v) is 10.1. The number of benzene rings is 2. The predicted octanol–water partition coefficient (Wildman–Crippen LogP) is 5.11. The lowest BCUT2D eigenvalue weighted by Gasteiger charge is -2.42. The number of ether oxygens (including phenoxy) is 2. The Bertz CT molecular complexity index is 1060. The Labute approximate surface area is 175 Å². The molecule has 0 atom stereocenters. The van der Waals surface area contributed by atoms with E-state index in [1.165, 1.54) is 0 Å². The van der Waals surface area contributed by atoms with Gasteiger partial charge in [0.1, 0.15) is 0 Å². The summed E-state index contributed by atoms with van der Waals surface area (Å²) in [7, 11) is 1.98. The fourth-order valence-corrected chi connectivity index (χ4v) is 3.59. The Morgan fingerprint density at radius 1 is 1.24 bits per heavy atom. The third-order valence-corrected chi connectivity index (χ3v) is 5.56. The second kappa shape index (κ2) is 8.01. The number of hydrogen-bond acceptors (Lipinski definition) is 4. The van der Waals surface area contributed by atoms with E-state index >= 15 is 0 Å². The van der Waals surface area contributed by atoms with Crippen molar-refractivity contribution in [2.45, 2.75) is 19.4 Å². The number of rotatable bonds is 6. The van der Waals surface area contributed by atoms with Gasteiger partial charge in [0.2, 0.25) is 5.88 Å². The summed E-state index contributed by atoms with van der Waals surface area (Å²) in [4.78, 5) is 11.0. The normalized spacial score (nSPS) is 15.4. The number of aromatic nitrogens is 1. The Hall–Kier alpha value is -2.63. The molecule has 2 heterocycles. The maximum absolute atomic E-state index is 6.55. The predicted molar refractivity (Wildman–Crippen MR) is 118 cm³/mol. The molecule has 1 aromatic heterocycles. The van der Waals surface area contributed by atoms with Crippen molar-refractivity contribution in [1.29, 1.82) is 0 Å². The third kappa shape index (κ3) is 3.93. The molecule has 0 N–H and O–H groups in total. The topological polar surface area (TPSA) is 47.0 Å². The minimum atomic E-state index is -0.592. The van der Waals surface area contributed by atoms with Crippen LogP contribution in [0.3, 0.4) is 0 Å². The van der Waals surface area contributed by atoms with Gasteiger partial charge in [-0.2, -0.15) is 0 Å². The lowest BCUT2D eigenvalue weighted by atomic mass is 9.88. The summed E-state index contributed by atoms with van der Waals surface area (Å²) < 4.78 is 11.9. The van der Waals surface area contributed by atoms with E-state index < -0.39 is 5.60 Å². The summed E-state index contributed by atoms with van der Waals surface area (Å²) in [5, 5.41) is 2.76. The molecule has 6 heteroatoms. The SMILES string of the molecule is CCN(C)C=Nc1cc(C)c(C2(Oc3cc4ccccc4cn3)COC2)cc1Cl. The molecule has 3 aromatic rings. The van der Waals surface area contributed by atoms with Crippen LogP contribution in [0.25, 0.3) is 10.8 Å². The first kappa shape index (κ1) is 19.7. The van der Waals surface area contributed by atoms with Gasteiger partial charge in [0, 0.05) is 36.8 Å². The van der Waals surface area contributed by atoms with Crippen LogP contribution < -0.4 is 4.74 Å². The highest BCUT2D eigenvalue weighted by atomic mass is 35.5. The van der Waals surface area contributed by atoms with Crippen LogP contribution in [0.2, 0.25) is 5.02 Å². The van der Waals surface area contributed by atoms with E-state index in [9.17, 15) is 0 Å². The Morgan fingerprint density at radius 3 is 2.69 bits per heavy atom. The van der Waals surface area contributed by atoms with Gasteiger partial charge >= 0.3 is 0 Å². The molecule has 1 fully saturated rings. The average Bonchev–Trinajstić information content (AvgIpc) is 2.70. The molecule has 0 unspecified atom stereocenters. The van der Waals surface area contributed by atoms with Crippen LogP contribution in [0.1, 0.15) is 18.1 Å². The third-order valence-electron chi connectivity index (χ3n) is 5.25. The molecule has 0 radical (unpaired) electrons. The van der Waals surface area contributed by atoms with Crippen molar-refractivity contribution in [2.75, 3.05) is 26.8 Å². The quantitative estimate of drug-likeness (QED) is 0.419. The number of fused-ring (bicyclic) bond motifs is 1. The number of aryl methyl sites for hydroxylation is 1. The zero-order valence-corrected chi connectivity index (χ0v) is 17.6. The van der Waals surface area contributed by atoms with Crippen LogP contribution in [0, 0.1) is 6.92 Å². The van der Waals surface area contributed by atoms with E-state index in [2.05, 4.69) is 23.0 Å². The number of pyridine rings is 1. The van der Waals surface area contributed by atoms with Gasteiger partial charge in [-0.15, -0.1) is 0 Å². The summed E-state index contributed by atoms with van der Waals surface area (Å²) in [6, 6.07) is 14.0. The molecule has 0 aliphatic carbocycles. The standard InChI is InChI=1S/C23H24ClN3O2/c1-4-27(3)15-26-21-9-16(2)19(11-20(21)24)23(13-28-14-23)29-22-10-17-7-5-6-8-18(17)12-25-22/h5-12,15H,4,13-14H2,1-3H3. The number of aliphatic imine (C=N–C) groups is 1. The average molecular weight is 410 g/mol. The molecule has 1 saturated heterocycles. The summed E-state index contributed by atoms with van der Waals surface area (Å²) in [6.07, 6.45) is 3.62. The molecular formula is C23H24ClN3O2. The van der Waals surface area contributed by atoms with Crippen molar-refractivity contribution in [1.82, 2.24) is 9.88 Å². The van der Waals surface area contributed by atoms with E-state index in [4.69, 9.17) is 21.1 Å². The van der Waals surface area contributed by atoms with Crippen LogP contribution >= 0.6 is 11.6 Å². The van der Waals surface area contributed by atoms with Gasteiger partial charge in [-0.25, -0.2) is 9.98 Å². The highest BCUT2D eigenvalue weighted by molar-refractivity contribution is 6.33. The molecule has 2 aromatic carbocycles. The molecule has 0 spiro atoms. The molecule has 4 rings (SSSR count). The monoisotopic (exact) mass is 409 g/mol. The number of halogens is 1. The van der Waals surface area contributed by atoms with E-state index in [-0.39, 0.29) is 0 Å². The Balaban J connectivity index is 1.65. The molecule has 0 amide bonds. The Kier molecular flexibility index (Phi) is 5.43. The molecule has 1 aliphatic rings. The summed E-state index contributed by atoms with van der Waals surface area (Å²) in [5.41, 5.74) is 2.22. The molecule has 150 valence electrons. The van der Waals surface area contributed by atoms with Crippen LogP contribution in [0.4, 0.5) is 5.69 Å². The van der Waals surface area contributed by atoms with Crippen molar-refractivity contribution < 1.29 is 9.47 Å².